The summed E-state index contributed by atoms with van der Waals surface area (Å²) in [5.41, 5.74) is 2.13. The molecular weight excluding hydrogens is 196 g/mol. The van der Waals surface area contributed by atoms with E-state index in [4.69, 9.17) is 10.6 Å². The largest absolute Gasteiger partial charge is 0.368 e. The third-order valence-corrected chi connectivity index (χ3v) is 2.62. The third-order valence-electron chi connectivity index (χ3n) is 2.62. The van der Waals surface area contributed by atoms with Crippen molar-refractivity contribution in [3.8, 4) is 0 Å². The number of imidazole rings is 1. The van der Waals surface area contributed by atoms with Crippen LogP contribution in [0.25, 0.3) is 0 Å². The molecule has 82 valence electrons. The molecule has 6 heteroatoms. The lowest BCUT2D eigenvalue weighted by Crippen LogP contribution is -2.42. The van der Waals surface area contributed by atoms with E-state index in [2.05, 4.69) is 10.4 Å². The van der Waals surface area contributed by atoms with Gasteiger partial charge < -0.3 is 9.30 Å². The van der Waals surface area contributed by atoms with Gasteiger partial charge in [-0.05, 0) is 6.42 Å². The van der Waals surface area contributed by atoms with Gasteiger partial charge >= 0.3 is 0 Å². The summed E-state index contributed by atoms with van der Waals surface area (Å²) in [4.78, 5) is 15.3. The molecule has 1 aliphatic rings. The van der Waals surface area contributed by atoms with Gasteiger partial charge in [0.25, 0.3) is 5.91 Å². The minimum absolute atomic E-state index is 0.169. The lowest BCUT2D eigenvalue weighted by atomic mass is 10.0. The van der Waals surface area contributed by atoms with Crippen LogP contribution in [0.15, 0.2) is 18.7 Å². The Kier molecular flexibility index (Phi) is 2.98. The Hall–Kier alpha value is -1.40. The number of aromatic nitrogens is 2. The number of nitrogens with one attached hydrogen (secondary N) is 1. The van der Waals surface area contributed by atoms with Crippen molar-refractivity contribution in [1.82, 2.24) is 15.0 Å². The molecule has 2 atom stereocenters. The normalized spacial score (nSPS) is 25.4. The van der Waals surface area contributed by atoms with Crippen molar-refractivity contribution >= 4 is 5.91 Å². The number of carbonyl (C=O) groups excluding carboxylic acids is 1. The average molecular weight is 210 g/mol. The molecule has 0 saturated carbocycles. The standard InChI is InChI=1S/C9H14N4O2/c10-12-9(14)8-7(1-4-15-8)5-13-3-2-11-6-13/h2-3,6-8H,1,4-5,10H2,(H,12,14)/t7-,8-/m1/s1. The number of hydrogen-bond acceptors (Lipinski definition) is 4. The van der Waals surface area contributed by atoms with Crippen molar-refractivity contribution in [2.75, 3.05) is 6.61 Å². The van der Waals surface area contributed by atoms with Crippen LogP contribution in [0.2, 0.25) is 0 Å². The van der Waals surface area contributed by atoms with Crippen molar-refractivity contribution in [2.45, 2.75) is 19.1 Å². The Labute approximate surface area is 87.4 Å². The third kappa shape index (κ3) is 2.16. The predicted octanol–water partition coefficient (Wildman–Crippen LogP) is -0.722. The predicted molar refractivity (Wildman–Crippen MR) is 52.4 cm³/mol. The van der Waals surface area contributed by atoms with Crippen LogP contribution < -0.4 is 11.3 Å². The number of ether oxygens (including phenoxy) is 1. The molecule has 6 nitrogen and oxygen atoms in total. The highest BCUT2D eigenvalue weighted by molar-refractivity contribution is 5.80. The van der Waals surface area contributed by atoms with Gasteiger partial charge in [0.2, 0.25) is 0 Å². The number of amides is 1. The van der Waals surface area contributed by atoms with Crippen molar-refractivity contribution in [3.63, 3.8) is 0 Å². The number of nitrogens with two attached hydrogens (primary N) is 1. The van der Waals surface area contributed by atoms with Gasteiger partial charge in [-0.1, -0.05) is 0 Å². The summed E-state index contributed by atoms with van der Waals surface area (Å²) in [5.74, 6) is 5.01. The number of rotatable bonds is 3. The Morgan fingerprint density at radius 1 is 1.73 bits per heavy atom. The molecule has 1 aliphatic heterocycles. The summed E-state index contributed by atoms with van der Waals surface area (Å²) in [6.45, 7) is 1.34. The summed E-state index contributed by atoms with van der Waals surface area (Å²) in [6.07, 6.45) is 5.76. The van der Waals surface area contributed by atoms with Crippen LogP contribution in [0.1, 0.15) is 6.42 Å². The smallest absolute Gasteiger partial charge is 0.263 e. The van der Waals surface area contributed by atoms with Crippen LogP contribution in [0.4, 0.5) is 0 Å². The van der Waals surface area contributed by atoms with Gasteiger partial charge in [-0.15, -0.1) is 0 Å². The summed E-state index contributed by atoms with van der Waals surface area (Å²) >= 11 is 0. The first kappa shape index (κ1) is 10.1. The molecular formula is C9H14N4O2. The first-order valence-electron chi connectivity index (χ1n) is 4.89. The number of hydrazine groups is 1. The second-order valence-electron chi connectivity index (χ2n) is 3.61. The molecule has 0 unspecified atom stereocenters. The van der Waals surface area contributed by atoms with Crippen molar-refractivity contribution in [3.05, 3.63) is 18.7 Å². The fourth-order valence-electron chi connectivity index (χ4n) is 1.86. The van der Waals surface area contributed by atoms with Crippen LogP contribution in [0, 0.1) is 5.92 Å². The fraction of sp³-hybridized carbons (Fsp3) is 0.556. The molecule has 0 spiro atoms. The molecule has 3 N–H and O–H groups in total. The topological polar surface area (TPSA) is 82.2 Å². The van der Waals surface area contributed by atoms with E-state index < -0.39 is 6.10 Å². The molecule has 0 aliphatic carbocycles. The zero-order valence-corrected chi connectivity index (χ0v) is 8.30. The summed E-state index contributed by atoms with van der Waals surface area (Å²) in [7, 11) is 0. The molecule has 1 aromatic rings. The maximum absolute atomic E-state index is 11.4. The zero-order chi connectivity index (χ0) is 10.7. The maximum Gasteiger partial charge on any atom is 0.263 e. The molecule has 0 aromatic carbocycles. The fourth-order valence-corrected chi connectivity index (χ4v) is 1.86. The highest BCUT2D eigenvalue weighted by atomic mass is 16.5. The lowest BCUT2D eigenvalue weighted by Gasteiger charge is -2.16. The Bertz CT molecular complexity index is 325. The minimum atomic E-state index is -0.433. The molecule has 2 rings (SSSR count). The van der Waals surface area contributed by atoms with Crippen LogP contribution >= 0.6 is 0 Å². The molecule has 1 amide bonds. The first-order chi connectivity index (χ1) is 7.31. The maximum atomic E-state index is 11.4. The highest BCUT2D eigenvalue weighted by Gasteiger charge is 2.33. The van der Waals surface area contributed by atoms with Crippen LogP contribution in [0.5, 0.6) is 0 Å². The van der Waals surface area contributed by atoms with Gasteiger partial charge in [0.15, 0.2) is 0 Å². The summed E-state index contributed by atoms with van der Waals surface area (Å²) in [5, 5.41) is 0. The average Bonchev–Trinajstić information content (AvgIpc) is 2.88. The van der Waals surface area contributed by atoms with Gasteiger partial charge in [0.05, 0.1) is 6.33 Å². The number of nitrogens with zero attached hydrogens (tertiary/aromatic N) is 2. The van der Waals surface area contributed by atoms with Crippen LogP contribution in [-0.2, 0) is 16.1 Å². The van der Waals surface area contributed by atoms with Crippen molar-refractivity contribution in [1.29, 1.82) is 0 Å². The summed E-state index contributed by atoms with van der Waals surface area (Å²) < 4.78 is 7.28. The van der Waals surface area contributed by atoms with E-state index in [-0.39, 0.29) is 11.8 Å². The van der Waals surface area contributed by atoms with E-state index in [0.29, 0.717) is 6.61 Å². The second kappa shape index (κ2) is 4.41. The first-order valence-corrected chi connectivity index (χ1v) is 4.89. The SMILES string of the molecule is NNC(=O)[C@@H]1OCC[C@@H]1Cn1ccnc1. The van der Waals surface area contributed by atoms with Crippen molar-refractivity contribution < 1.29 is 9.53 Å². The molecule has 1 fully saturated rings. The van der Waals surface area contributed by atoms with E-state index in [1.54, 1.807) is 12.5 Å². The second-order valence-corrected chi connectivity index (χ2v) is 3.61. The molecule has 0 bridgehead atoms. The van der Waals surface area contributed by atoms with Gasteiger partial charge in [0.1, 0.15) is 6.10 Å². The van der Waals surface area contributed by atoms with Crippen molar-refractivity contribution in [2.24, 2.45) is 11.8 Å². The number of hydrogen-bond donors (Lipinski definition) is 2. The minimum Gasteiger partial charge on any atom is -0.368 e. The summed E-state index contributed by atoms with van der Waals surface area (Å²) in [6, 6.07) is 0. The molecule has 1 saturated heterocycles. The molecule has 1 aromatic heterocycles. The van der Waals surface area contributed by atoms with Gasteiger partial charge in [0, 0.05) is 31.5 Å². The monoisotopic (exact) mass is 210 g/mol. The van der Waals surface area contributed by atoms with Gasteiger partial charge in [-0.2, -0.15) is 0 Å². The quantitative estimate of drug-likeness (QED) is 0.392. The van der Waals surface area contributed by atoms with E-state index in [9.17, 15) is 4.79 Å². The van der Waals surface area contributed by atoms with Crippen LogP contribution in [-0.4, -0.2) is 28.2 Å². The lowest BCUT2D eigenvalue weighted by molar-refractivity contribution is -0.132. The van der Waals surface area contributed by atoms with Gasteiger partial charge in [-0.25, -0.2) is 10.8 Å². The Balaban J connectivity index is 1.99. The van der Waals surface area contributed by atoms with Crippen LogP contribution in [0.3, 0.4) is 0 Å². The highest BCUT2D eigenvalue weighted by Crippen LogP contribution is 2.22. The van der Waals surface area contributed by atoms with E-state index in [1.807, 2.05) is 10.8 Å². The van der Waals surface area contributed by atoms with E-state index in [0.717, 1.165) is 13.0 Å². The van der Waals surface area contributed by atoms with E-state index >= 15 is 0 Å². The molecule has 2 heterocycles. The Morgan fingerprint density at radius 3 is 3.27 bits per heavy atom. The van der Waals surface area contributed by atoms with Gasteiger partial charge in [-0.3, -0.25) is 10.2 Å². The number of carbonyl (C=O) groups is 1. The Morgan fingerprint density at radius 2 is 2.60 bits per heavy atom. The zero-order valence-electron chi connectivity index (χ0n) is 8.30. The molecule has 0 radical (unpaired) electrons. The van der Waals surface area contributed by atoms with E-state index in [1.165, 1.54) is 0 Å². The molecule has 15 heavy (non-hydrogen) atoms.